The highest BCUT2D eigenvalue weighted by atomic mass is 79.9. The van der Waals surface area contributed by atoms with Gasteiger partial charge in [-0.25, -0.2) is 13.8 Å². The fourth-order valence-corrected chi connectivity index (χ4v) is 3.05. The minimum Gasteiger partial charge on any atom is -0.306 e. The van der Waals surface area contributed by atoms with Crippen molar-refractivity contribution < 1.29 is 4.39 Å². The zero-order valence-electron chi connectivity index (χ0n) is 12.1. The normalized spacial score (nSPS) is 11.2. The molecule has 7 heteroatoms. The fourth-order valence-electron chi connectivity index (χ4n) is 2.71. The van der Waals surface area contributed by atoms with Crippen molar-refractivity contribution in [3.63, 3.8) is 0 Å². The SMILES string of the molecule is O=c1[nH]c2cc(Br)c(F)cc2c(=O)n1-c1cncc2ccccc12. The van der Waals surface area contributed by atoms with Gasteiger partial charge in [0.15, 0.2) is 0 Å². The molecule has 0 aliphatic rings. The van der Waals surface area contributed by atoms with Crippen molar-refractivity contribution in [1.82, 2.24) is 14.5 Å². The zero-order chi connectivity index (χ0) is 16.8. The quantitative estimate of drug-likeness (QED) is 0.547. The fraction of sp³-hybridized carbons (Fsp3) is 0. The van der Waals surface area contributed by atoms with Crippen LogP contribution in [0.2, 0.25) is 0 Å². The van der Waals surface area contributed by atoms with Crippen LogP contribution < -0.4 is 11.2 Å². The maximum Gasteiger partial charge on any atom is 0.333 e. The molecule has 4 rings (SSSR count). The highest BCUT2D eigenvalue weighted by molar-refractivity contribution is 9.10. The van der Waals surface area contributed by atoms with Gasteiger partial charge in [-0.1, -0.05) is 24.3 Å². The van der Waals surface area contributed by atoms with Crippen molar-refractivity contribution >= 4 is 37.6 Å². The largest absolute Gasteiger partial charge is 0.333 e. The van der Waals surface area contributed by atoms with E-state index in [4.69, 9.17) is 0 Å². The van der Waals surface area contributed by atoms with Gasteiger partial charge in [0.25, 0.3) is 5.56 Å². The van der Waals surface area contributed by atoms with Crippen LogP contribution in [-0.2, 0) is 0 Å². The Hall–Kier alpha value is -2.80. The third kappa shape index (κ3) is 2.16. The maximum absolute atomic E-state index is 13.8. The van der Waals surface area contributed by atoms with Gasteiger partial charge in [0.2, 0.25) is 0 Å². The number of hydrogen-bond donors (Lipinski definition) is 1. The number of fused-ring (bicyclic) bond motifs is 2. The average Bonchev–Trinajstić information content (AvgIpc) is 2.57. The molecule has 5 nitrogen and oxygen atoms in total. The lowest BCUT2D eigenvalue weighted by Gasteiger charge is -2.09. The van der Waals surface area contributed by atoms with E-state index in [2.05, 4.69) is 25.9 Å². The number of rotatable bonds is 1. The van der Waals surface area contributed by atoms with Gasteiger partial charge in [-0.3, -0.25) is 9.78 Å². The standard InChI is InChI=1S/C17H9BrFN3O2/c18-12-6-14-11(5-13(12)19)16(23)22(17(24)21-14)15-8-20-7-9-3-1-2-4-10(9)15/h1-8H,(H,21,24). The van der Waals surface area contributed by atoms with E-state index in [-0.39, 0.29) is 15.4 Å². The van der Waals surface area contributed by atoms with Crippen molar-refractivity contribution in [2.24, 2.45) is 0 Å². The Morgan fingerprint density at radius 3 is 2.71 bits per heavy atom. The summed E-state index contributed by atoms with van der Waals surface area (Å²) in [7, 11) is 0. The minimum absolute atomic E-state index is 0.0863. The van der Waals surface area contributed by atoms with E-state index in [1.54, 1.807) is 12.3 Å². The summed E-state index contributed by atoms with van der Waals surface area (Å²) in [6, 6.07) is 9.76. The smallest absolute Gasteiger partial charge is 0.306 e. The lowest BCUT2D eigenvalue weighted by Crippen LogP contribution is -2.33. The summed E-state index contributed by atoms with van der Waals surface area (Å²) >= 11 is 3.05. The lowest BCUT2D eigenvalue weighted by molar-refractivity contribution is 0.622. The summed E-state index contributed by atoms with van der Waals surface area (Å²) in [5.74, 6) is -0.575. The van der Waals surface area contributed by atoms with Crippen LogP contribution >= 0.6 is 15.9 Å². The average molecular weight is 386 g/mol. The number of H-pyrrole nitrogens is 1. The highest BCUT2D eigenvalue weighted by Crippen LogP contribution is 2.21. The molecule has 0 spiro atoms. The van der Waals surface area contributed by atoms with Crippen LogP contribution in [-0.4, -0.2) is 14.5 Å². The van der Waals surface area contributed by atoms with Gasteiger partial charge in [-0.05, 0) is 28.1 Å². The second kappa shape index (κ2) is 5.38. The van der Waals surface area contributed by atoms with Crippen molar-refractivity contribution in [2.45, 2.75) is 0 Å². The number of nitrogens with one attached hydrogen (secondary N) is 1. The molecule has 2 aromatic heterocycles. The molecule has 24 heavy (non-hydrogen) atoms. The molecular formula is C17H9BrFN3O2. The van der Waals surface area contributed by atoms with Gasteiger partial charge in [0.1, 0.15) is 5.82 Å². The molecule has 0 saturated heterocycles. The van der Waals surface area contributed by atoms with Crippen LogP contribution in [0.3, 0.4) is 0 Å². The van der Waals surface area contributed by atoms with Crippen LogP contribution in [0.4, 0.5) is 4.39 Å². The van der Waals surface area contributed by atoms with E-state index < -0.39 is 17.1 Å². The monoisotopic (exact) mass is 385 g/mol. The van der Waals surface area contributed by atoms with E-state index in [9.17, 15) is 14.0 Å². The molecule has 0 saturated carbocycles. The van der Waals surface area contributed by atoms with E-state index >= 15 is 0 Å². The molecule has 118 valence electrons. The third-order valence-electron chi connectivity index (χ3n) is 3.83. The molecule has 0 unspecified atom stereocenters. The van der Waals surface area contributed by atoms with Crippen molar-refractivity contribution in [2.75, 3.05) is 0 Å². The number of benzene rings is 2. The number of hydrogen-bond acceptors (Lipinski definition) is 3. The van der Waals surface area contributed by atoms with Crippen LogP contribution in [0.1, 0.15) is 0 Å². The van der Waals surface area contributed by atoms with Gasteiger partial charge >= 0.3 is 5.69 Å². The van der Waals surface area contributed by atoms with E-state index in [0.717, 1.165) is 16.0 Å². The first-order chi connectivity index (χ1) is 11.6. The summed E-state index contributed by atoms with van der Waals surface area (Å²) in [5.41, 5.74) is -0.588. The molecule has 0 aliphatic carbocycles. The number of nitrogens with zero attached hydrogens (tertiary/aromatic N) is 2. The van der Waals surface area contributed by atoms with Gasteiger partial charge in [-0.2, -0.15) is 0 Å². The van der Waals surface area contributed by atoms with E-state index in [0.29, 0.717) is 11.1 Å². The topological polar surface area (TPSA) is 67.8 Å². The molecule has 0 fully saturated rings. The summed E-state index contributed by atoms with van der Waals surface area (Å²) < 4.78 is 15.0. The molecule has 0 radical (unpaired) electrons. The number of aromatic nitrogens is 3. The Bertz CT molecular complexity index is 1220. The predicted molar refractivity (Wildman–Crippen MR) is 93.1 cm³/mol. The molecule has 0 aliphatic heterocycles. The molecule has 4 aromatic rings. The summed E-state index contributed by atoms with van der Waals surface area (Å²) in [5, 5.41) is 1.59. The zero-order valence-corrected chi connectivity index (χ0v) is 13.7. The summed E-state index contributed by atoms with van der Waals surface area (Å²) in [6.07, 6.45) is 3.09. The minimum atomic E-state index is -0.607. The molecule has 0 bridgehead atoms. The van der Waals surface area contributed by atoms with Crippen LogP contribution in [0, 0.1) is 5.82 Å². The Kier molecular flexibility index (Phi) is 3.31. The van der Waals surface area contributed by atoms with Gasteiger partial charge < -0.3 is 4.98 Å². The molecule has 2 aromatic carbocycles. The molecular weight excluding hydrogens is 377 g/mol. The second-order valence-corrected chi connectivity index (χ2v) is 6.12. The Balaban J connectivity index is 2.16. The first-order valence-electron chi connectivity index (χ1n) is 7.03. The number of halogens is 2. The second-order valence-electron chi connectivity index (χ2n) is 5.26. The van der Waals surface area contributed by atoms with Crippen LogP contribution in [0.25, 0.3) is 27.4 Å². The van der Waals surface area contributed by atoms with Crippen LogP contribution in [0.5, 0.6) is 0 Å². The van der Waals surface area contributed by atoms with Crippen molar-refractivity contribution in [3.05, 3.63) is 79.9 Å². The van der Waals surface area contributed by atoms with Crippen LogP contribution in [0.15, 0.2) is 62.9 Å². The van der Waals surface area contributed by atoms with Crippen molar-refractivity contribution in [3.8, 4) is 5.69 Å². The van der Waals surface area contributed by atoms with Gasteiger partial charge in [0.05, 0.1) is 27.3 Å². The lowest BCUT2D eigenvalue weighted by atomic mass is 10.1. The molecule has 1 N–H and O–H groups in total. The highest BCUT2D eigenvalue weighted by Gasteiger charge is 2.14. The molecule has 0 amide bonds. The number of aromatic amines is 1. The molecule has 0 atom stereocenters. The first kappa shape index (κ1) is 14.8. The summed E-state index contributed by atoms with van der Waals surface area (Å²) in [4.78, 5) is 32.0. The maximum atomic E-state index is 13.8. The summed E-state index contributed by atoms with van der Waals surface area (Å²) in [6.45, 7) is 0. The van der Waals surface area contributed by atoms with Crippen molar-refractivity contribution in [1.29, 1.82) is 0 Å². The molecule has 2 heterocycles. The van der Waals surface area contributed by atoms with E-state index in [1.807, 2.05) is 18.2 Å². The first-order valence-corrected chi connectivity index (χ1v) is 7.83. The van der Waals surface area contributed by atoms with Gasteiger partial charge in [0, 0.05) is 17.0 Å². The number of pyridine rings is 1. The Morgan fingerprint density at radius 1 is 1.08 bits per heavy atom. The predicted octanol–water partition coefficient (Wildman–Crippen LogP) is 3.13. The Morgan fingerprint density at radius 2 is 1.88 bits per heavy atom. The van der Waals surface area contributed by atoms with E-state index in [1.165, 1.54) is 12.3 Å². The Labute approximate surface area is 142 Å². The third-order valence-corrected chi connectivity index (χ3v) is 4.43. The van der Waals surface area contributed by atoms with Gasteiger partial charge in [-0.15, -0.1) is 0 Å².